The Morgan fingerprint density at radius 3 is 2.47 bits per heavy atom. The van der Waals surface area contributed by atoms with E-state index in [-0.39, 0.29) is 5.56 Å². The number of rotatable bonds is 2. The highest BCUT2D eigenvalue weighted by Crippen LogP contribution is 2.35. The molecule has 0 amide bonds. The number of aliphatic hydroxyl groups excluding tert-OH is 2. The van der Waals surface area contributed by atoms with E-state index in [1.54, 1.807) is 0 Å². The largest absolute Gasteiger partial charge is 0.419 e. The van der Waals surface area contributed by atoms with Gasteiger partial charge in [0, 0.05) is 11.8 Å². The number of pyridine rings is 1. The molecule has 2 unspecified atom stereocenters. The molecule has 1 rings (SSSR count). The van der Waals surface area contributed by atoms with E-state index >= 15 is 0 Å². The Morgan fingerprint density at radius 2 is 2.00 bits per heavy atom. The van der Waals surface area contributed by atoms with Gasteiger partial charge in [0.2, 0.25) is 0 Å². The van der Waals surface area contributed by atoms with E-state index in [1.165, 1.54) is 6.07 Å². The maximum atomic E-state index is 12.4. The summed E-state index contributed by atoms with van der Waals surface area (Å²) in [6.45, 7) is 0. The normalized spacial score (nSPS) is 15.1. The van der Waals surface area contributed by atoms with E-state index in [2.05, 4.69) is 4.98 Å². The maximum absolute atomic E-state index is 12.4. The summed E-state index contributed by atoms with van der Waals surface area (Å²) in [7, 11) is 0. The predicted octanol–water partition coefficient (Wildman–Crippen LogP) is 1.67. The third kappa shape index (κ3) is 3.06. The molecule has 0 saturated heterocycles. The Kier molecular flexibility index (Phi) is 3.93. The van der Waals surface area contributed by atoms with E-state index in [0.717, 1.165) is 6.20 Å². The molecule has 0 aliphatic heterocycles. The first-order chi connectivity index (χ1) is 7.77. The van der Waals surface area contributed by atoms with Crippen molar-refractivity contribution in [3.05, 3.63) is 28.5 Å². The lowest BCUT2D eigenvalue weighted by Gasteiger charge is -2.14. The Hall–Kier alpha value is -1.36. The van der Waals surface area contributed by atoms with Gasteiger partial charge >= 0.3 is 6.18 Å². The van der Waals surface area contributed by atoms with Gasteiger partial charge in [0.05, 0.1) is 11.6 Å². The van der Waals surface area contributed by atoms with Crippen molar-refractivity contribution in [2.24, 2.45) is 0 Å². The van der Waals surface area contributed by atoms with Crippen molar-refractivity contribution in [1.82, 2.24) is 4.98 Å². The van der Waals surface area contributed by atoms with Gasteiger partial charge in [0.15, 0.2) is 6.10 Å². The van der Waals surface area contributed by atoms with Crippen LogP contribution in [-0.2, 0) is 6.18 Å². The van der Waals surface area contributed by atoms with Crippen molar-refractivity contribution in [2.45, 2.75) is 18.4 Å². The fourth-order valence-corrected chi connectivity index (χ4v) is 1.29. The van der Waals surface area contributed by atoms with Gasteiger partial charge in [0.1, 0.15) is 11.3 Å². The molecular weight excluding hydrogens is 261 g/mol. The van der Waals surface area contributed by atoms with Gasteiger partial charge in [-0.05, 0) is 6.07 Å². The Bertz CT molecular complexity index is 459. The van der Waals surface area contributed by atoms with Crippen LogP contribution >= 0.6 is 11.6 Å². The number of halogens is 4. The monoisotopic (exact) mass is 266 g/mol. The van der Waals surface area contributed by atoms with Crippen LogP contribution in [0.3, 0.4) is 0 Å². The van der Waals surface area contributed by atoms with Crippen LogP contribution in [0.25, 0.3) is 0 Å². The zero-order valence-corrected chi connectivity index (χ0v) is 8.87. The van der Waals surface area contributed by atoms with Gasteiger partial charge in [-0.25, -0.2) is 4.98 Å². The van der Waals surface area contributed by atoms with E-state index in [4.69, 9.17) is 22.0 Å². The van der Waals surface area contributed by atoms with Crippen LogP contribution in [0.1, 0.15) is 17.2 Å². The lowest BCUT2D eigenvalue weighted by Crippen LogP contribution is -2.17. The van der Waals surface area contributed by atoms with Crippen molar-refractivity contribution >= 4 is 11.6 Å². The second-order valence-electron chi connectivity index (χ2n) is 3.12. The number of aliphatic hydroxyl groups is 2. The fourth-order valence-electron chi connectivity index (χ4n) is 1.08. The molecule has 2 atom stereocenters. The first-order valence-corrected chi connectivity index (χ1v) is 4.63. The molecule has 0 aliphatic carbocycles. The zero-order chi connectivity index (χ0) is 13.2. The average Bonchev–Trinajstić information content (AvgIpc) is 2.26. The van der Waals surface area contributed by atoms with Gasteiger partial charge in [-0.15, -0.1) is 0 Å². The number of alkyl halides is 3. The van der Waals surface area contributed by atoms with Gasteiger partial charge in [-0.2, -0.15) is 18.4 Å². The molecule has 0 aliphatic rings. The van der Waals surface area contributed by atoms with Gasteiger partial charge in [-0.3, -0.25) is 0 Å². The standard InChI is InChI=1S/C9H6ClF3N2O2/c10-8-5(9(11,12)13)1-4(3-15-8)7(17)6(16)2-14/h1,3,6-7,16-17H. The van der Waals surface area contributed by atoms with Crippen LogP contribution in [0.5, 0.6) is 0 Å². The first-order valence-electron chi connectivity index (χ1n) is 4.25. The Morgan fingerprint density at radius 1 is 1.41 bits per heavy atom. The van der Waals surface area contributed by atoms with Crippen LogP contribution in [0, 0.1) is 11.3 Å². The summed E-state index contributed by atoms with van der Waals surface area (Å²) in [5.74, 6) is 0. The summed E-state index contributed by atoms with van der Waals surface area (Å²) in [5.41, 5.74) is -1.57. The Balaban J connectivity index is 3.18. The van der Waals surface area contributed by atoms with Crippen molar-refractivity contribution in [1.29, 1.82) is 5.26 Å². The number of nitrogens with zero attached hydrogens (tertiary/aromatic N) is 2. The van der Waals surface area contributed by atoms with Crippen LogP contribution in [0.2, 0.25) is 5.15 Å². The zero-order valence-electron chi connectivity index (χ0n) is 8.11. The van der Waals surface area contributed by atoms with E-state index < -0.39 is 29.1 Å². The highest BCUT2D eigenvalue weighted by atomic mass is 35.5. The molecule has 92 valence electrons. The van der Waals surface area contributed by atoms with Crippen molar-refractivity contribution in [2.75, 3.05) is 0 Å². The molecule has 4 nitrogen and oxygen atoms in total. The lowest BCUT2D eigenvalue weighted by atomic mass is 10.1. The topological polar surface area (TPSA) is 77.1 Å². The summed E-state index contributed by atoms with van der Waals surface area (Å²) < 4.78 is 37.3. The van der Waals surface area contributed by atoms with Crippen molar-refractivity contribution in [3.8, 4) is 6.07 Å². The van der Waals surface area contributed by atoms with Gasteiger partial charge in [-0.1, -0.05) is 11.6 Å². The number of hydrogen-bond acceptors (Lipinski definition) is 4. The molecule has 1 aromatic rings. The van der Waals surface area contributed by atoms with E-state index in [0.29, 0.717) is 6.07 Å². The minimum Gasteiger partial charge on any atom is -0.384 e. The van der Waals surface area contributed by atoms with Crippen LogP contribution in [0.15, 0.2) is 12.3 Å². The molecule has 0 bridgehead atoms. The second-order valence-corrected chi connectivity index (χ2v) is 3.48. The third-order valence-electron chi connectivity index (χ3n) is 1.94. The summed E-state index contributed by atoms with van der Waals surface area (Å²) in [6, 6.07) is 1.84. The van der Waals surface area contributed by atoms with Crippen molar-refractivity contribution in [3.63, 3.8) is 0 Å². The molecule has 17 heavy (non-hydrogen) atoms. The number of hydrogen-bond donors (Lipinski definition) is 2. The third-order valence-corrected chi connectivity index (χ3v) is 2.24. The molecule has 1 heterocycles. The summed E-state index contributed by atoms with van der Waals surface area (Å²) in [4.78, 5) is 3.25. The molecule has 1 aromatic heterocycles. The quantitative estimate of drug-likeness (QED) is 0.630. The summed E-state index contributed by atoms with van der Waals surface area (Å²) in [5, 5.41) is 25.9. The highest BCUT2D eigenvalue weighted by Gasteiger charge is 2.35. The molecule has 8 heteroatoms. The minimum absolute atomic E-state index is 0.337. The molecule has 0 fully saturated rings. The maximum Gasteiger partial charge on any atom is 0.419 e. The Labute approximate surface area is 98.9 Å². The van der Waals surface area contributed by atoms with Gasteiger partial charge in [0.25, 0.3) is 0 Å². The van der Waals surface area contributed by atoms with Gasteiger partial charge < -0.3 is 10.2 Å². The SMILES string of the molecule is N#CC(O)C(O)c1cnc(Cl)c(C(F)(F)F)c1. The molecular formula is C9H6ClF3N2O2. The molecule has 2 N–H and O–H groups in total. The van der Waals surface area contributed by atoms with Crippen molar-refractivity contribution < 1.29 is 23.4 Å². The van der Waals surface area contributed by atoms with Crippen LogP contribution in [0.4, 0.5) is 13.2 Å². The smallest absolute Gasteiger partial charge is 0.384 e. The summed E-state index contributed by atoms with van der Waals surface area (Å²) in [6.07, 6.45) is -7.47. The number of aromatic nitrogens is 1. The molecule has 0 radical (unpaired) electrons. The van der Waals surface area contributed by atoms with E-state index in [9.17, 15) is 18.3 Å². The van der Waals surface area contributed by atoms with Crippen LogP contribution in [-0.4, -0.2) is 21.3 Å². The second kappa shape index (κ2) is 4.87. The molecule has 0 aromatic carbocycles. The minimum atomic E-state index is -4.72. The fraction of sp³-hybridized carbons (Fsp3) is 0.333. The van der Waals surface area contributed by atoms with E-state index in [1.807, 2.05) is 0 Å². The highest BCUT2D eigenvalue weighted by molar-refractivity contribution is 6.30. The molecule has 0 spiro atoms. The molecule has 0 saturated carbocycles. The van der Waals surface area contributed by atoms with Crippen LogP contribution < -0.4 is 0 Å². The lowest BCUT2D eigenvalue weighted by molar-refractivity contribution is -0.137. The number of nitriles is 1. The first kappa shape index (κ1) is 13.7. The average molecular weight is 267 g/mol. The predicted molar refractivity (Wildman–Crippen MR) is 50.8 cm³/mol. The summed E-state index contributed by atoms with van der Waals surface area (Å²) >= 11 is 5.26.